The van der Waals surface area contributed by atoms with Crippen molar-refractivity contribution in [3.63, 3.8) is 0 Å². The summed E-state index contributed by atoms with van der Waals surface area (Å²) < 4.78 is 19.4. The van der Waals surface area contributed by atoms with Gasteiger partial charge in [0.1, 0.15) is 11.3 Å². The highest BCUT2D eigenvalue weighted by Gasteiger charge is 2.22. The minimum absolute atomic E-state index is 0.186. The molecule has 0 bridgehead atoms. The second kappa shape index (κ2) is 5.49. The number of H-pyrrole nitrogens is 1. The molecule has 1 aliphatic rings. The first-order valence-corrected chi connectivity index (χ1v) is 8.70. The van der Waals surface area contributed by atoms with Crippen LogP contribution in [0.25, 0.3) is 22.0 Å². The van der Waals surface area contributed by atoms with Gasteiger partial charge in [0.25, 0.3) is 6.01 Å². The molecule has 4 aromatic rings. The molecule has 2 aromatic heterocycles. The molecule has 5 rings (SSSR count). The number of anilines is 2. The van der Waals surface area contributed by atoms with Crippen LogP contribution < -0.4 is 9.80 Å². The molecule has 3 heterocycles. The molecule has 0 saturated heterocycles. The lowest BCUT2D eigenvalue weighted by Gasteiger charge is -2.29. The molecule has 0 saturated carbocycles. The molecule has 6 heteroatoms. The van der Waals surface area contributed by atoms with E-state index in [2.05, 4.69) is 20.9 Å². The van der Waals surface area contributed by atoms with Crippen LogP contribution in [-0.4, -0.2) is 30.6 Å². The van der Waals surface area contributed by atoms with Crippen molar-refractivity contribution >= 4 is 33.7 Å². The Hall–Kier alpha value is -3.02. The molecular weight excluding hydrogens is 331 g/mol. The van der Waals surface area contributed by atoms with Crippen LogP contribution in [0.5, 0.6) is 0 Å². The normalized spacial score (nSPS) is 14.2. The summed E-state index contributed by atoms with van der Waals surface area (Å²) in [5.41, 5.74) is 6.14. The first-order chi connectivity index (χ1) is 12.6. The van der Waals surface area contributed by atoms with Gasteiger partial charge in [0, 0.05) is 49.0 Å². The smallest absolute Gasteiger partial charge is 0.297 e. The Labute approximate surface area is 150 Å². The molecule has 0 atom stereocenters. The van der Waals surface area contributed by atoms with Crippen LogP contribution in [0.4, 0.5) is 16.1 Å². The van der Waals surface area contributed by atoms with E-state index in [-0.39, 0.29) is 5.82 Å². The van der Waals surface area contributed by atoms with Crippen molar-refractivity contribution in [1.29, 1.82) is 0 Å². The molecule has 0 spiro atoms. The Morgan fingerprint density at radius 1 is 1.19 bits per heavy atom. The third-order valence-electron chi connectivity index (χ3n) is 5.05. The van der Waals surface area contributed by atoms with Crippen LogP contribution in [0.3, 0.4) is 0 Å². The van der Waals surface area contributed by atoms with Gasteiger partial charge in [-0.25, -0.2) is 4.39 Å². The first kappa shape index (κ1) is 15.3. The fraction of sp³-hybridized carbons (Fsp3) is 0.250. The van der Waals surface area contributed by atoms with Crippen LogP contribution >= 0.6 is 0 Å². The van der Waals surface area contributed by atoms with Crippen LogP contribution in [0.15, 0.2) is 40.8 Å². The number of hydrogen-bond acceptors (Lipinski definition) is 4. The second-order valence-corrected chi connectivity index (χ2v) is 6.99. The molecule has 26 heavy (non-hydrogen) atoms. The number of oxazole rings is 1. The van der Waals surface area contributed by atoms with E-state index >= 15 is 0 Å². The molecule has 2 aromatic carbocycles. The minimum atomic E-state index is -0.186. The van der Waals surface area contributed by atoms with E-state index < -0.39 is 0 Å². The number of hydrogen-bond donors (Lipinski definition) is 1. The fourth-order valence-electron chi connectivity index (χ4n) is 3.72. The third kappa shape index (κ3) is 2.33. The lowest BCUT2D eigenvalue weighted by molar-refractivity contribution is 0.596. The zero-order valence-corrected chi connectivity index (χ0v) is 14.7. The molecule has 0 aliphatic carbocycles. The summed E-state index contributed by atoms with van der Waals surface area (Å²) in [5.74, 6) is -0.186. The predicted molar refractivity (Wildman–Crippen MR) is 101 cm³/mol. The van der Waals surface area contributed by atoms with Crippen molar-refractivity contribution < 1.29 is 8.81 Å². The summed E-state index contributed by atoms with van der Waals surface area (Å²) in [6, 6.07) is 11.7. The zero-order valence-electron chi connectivity index (χ0n) is 14.7. The van der Waals surface area contributed by atoms with Gasteiger partial charge < -0.3 is 19.2 Å². The molecule has 132 valence electrons. The van der Waals surface area contributed by atoms with Crippen molar-refractivity contribution in [2.45, 2.75) is 13.0 Å². The fourth-order valence-corrected chi connectivity index (χ4v) is 3.72. The largest absolute Gasteiger partial charge is 0.423 e. The highest BCUT2D eigenvalue weighted by Crippen LogP contribution is 2.32. The van der Waals surface area contributed by atoms with Crippen LogP contribution in [0, 0.1) is 5.82 Å². The molecule has 1 N–H and O–H groups in total. The number of benzene rings is 2. The molecule has 0 fully saturated rings. The summed E-state index contributed by atoms with van der Waals surface area (Å²) >= 11 is 0. The first-order valence-electron chi connectivity index (χ1n) is 8.70. The molecule has 1 aliphatic heterocycles. The van der Waals surface area contributed by atoms with Crippen LogP contribution in [0.2, 0.25) is 0 Å². The number of aromatic amines is 1. The van der Waals surface area contributed by atoms with Crippen molar-refractivity contribution in [2.75, 3.05) is 30.4 Å². The van der Waals surface area contributed by atoms with Crippen molar-refractivity contribution in [3.05, 3.63) is 53.5 Å². The van der Waals surface area contributed by atoms with Crippen LogP contribution in [-0.2, 0) is 13.0 Å². The number of aromatic nitrogens is 2. The topological polar surface area (TPSA) is 48.3 Å². The summed E-state index contributed by atoms with van der Waals surface area (Å²) in [6.07, 6.45) is 0.885. The standard InChI is InChI=1S/C20H19FN4O/c1-24(2)20-23-17-6-4-13(10-19(17)26-20)25-8-7-14-15-9-12(21)3-5-16(15)22-18(14)11-25/h3-6,9-10,22H,7-8,11H2,1-2H3. The SMILES string of the molecule is CN(C)c1nc2ccc(N3CCc4c([nH]c5ccc(F)cc45)C3)cc2o1. The Morgan fingerprint density at radius 2 is 2.08 bits per heavy atom. The number of nitrogens with one attached hydrogen (secondary N) is 1. The van der Waals surface area contributed by atoms with Gasteiger partial charge >= 0.3 is 0 Å². The molecule has 0 unspecified atom stereocenters. The Kier molecular flexibility index (Phi) is 3.22. The van der Waals surface area contributed by atoms with Gasteiger partial charge in [-0.1, -0.05) is 0 Å². The van der Waals surface area contributed by atoms with Gasteiger partial charge in [-0.15, -0.1) is 0 Å². The van der Waals surface area contributed by atoms with Gasteiger partial charge in [-0.3, -0.25) is 0 Å². The van der Waals surface area contributed by atoms with E-state index in [4.69, 9.17) is 4.42 Å². The monoisotopic (exact) mass is 350 g/mol. The lowest BCUT2D eigenvalue weighted by Crippen LogP contribution is -2.30. The number of fused-ring (bicyclic) bond motifs is 4. The quantitative estimate of drug-likeness (QED) is 0.592. The number of nitrogens with zero attached hydrogens (tertiary/aromatic N) is 3. The van der Waals surface area contributed by atoms with E-state index in [9.17, 15) is 4.39 Å². The van der Waals surface area contributed by atoms with E-state index in [1.807, 2.05) is 37.2 Å². The van der Waals surface area contributed by atoms with Gasteiger partial charge in [0.05, 0.1) is 6.54 Å². The van der Waals surface area contributed by atoms with Crippen molar-refractivity contribution in [3.8, 4) is 0 Å². The maximum Gasteiger partial charge on any atom is 0.297 e. The van der Waals surface area contributed by atoms with E-state index in [1.54, 1.807) is 6.07 Å². The van der Waals surface area contributed by atoms with Crippen molar-refractivity contribution in [2.24, 2.45) is 0 Å². The molecular formula is C20H19FN4O. The second-order valence-electron chi connectivity index (χ2n) is 6.99. The summed E-state index contributed by atoms with van der Waals surface area (Å²) in [6.45, 7) is 1.66. The highest BCUT2D eigenvalue weighted by molar-refractivity contribution is 5.85. The average molecular weight is 350 g/mol. The van der Waals surface area contributed by atoms with E-state index in [0.717, 1.165) is 52.9 Å². The zero-order chi connectivity index (χ0) is 17.8. The molecule has 0 radical (unpaired) electrons. The Morgan fingerprint density at radius 3 is 2.92 bits per heavy atom. The average Bonchev–Trinajstić information content (AvgIpc) is 3.21. The molecule has 0 amide bonds. The lowest BCUT2D eigenvalue weighted by atomic mass is 10.0. The summed E-state index contributed by atoms with van der Waals surface area (Å²) in [7, 11) is 3.83. The van der Waals surface area contributed by atoms with Crippen molar-refractivity contribution in [1.82, 2.24) is 9.97 Å². The number of halogens is 1. The Bertz CT molecular complexity index is 1130. The van der Waals surface area contributed by atoms with Gasteiger partial charge in [-0.2, -0.15) is 4.98 Å². The number of rotatable bonds is 2. The maximum absolute atomic E-state index is 13.6. The Balaban J connectivity index is 1.50. The predicted octanol–water partition coefficient (Wildman–Crippen LogP) is 4.08. The van der Waals surface area contributed by atoms with Gasteiger partial charge in [0.15, 0.2) is 5.58 Å². The van der Waals surface area contributed by atoms with Gasteiger partial charge in [-0.05, 0) is 42.3 Å². The van der Waals surface area contributed by atoms with E-state index in [1.165, 1.54) is 11.6 Å². The highest BCUT2D eigenvalue weighted by atomic mass is 19.1. The van der Waals surface area contributed by atoms with Gasteiger partial charge in [0.2, 0.25) is 0 Å². The summed E-state index contributed by atoms with van der Waals surface area (Å²) in [5, 5.41) is 1.00. The maximum atomic E-state index is 13.6. The third-order valence-corrected chi connectivity index (χ3v) is 5.05. The minimum Gasteiger partial charge on any atom is -0.423 e. The van der Waals surface area contributed by atoms with Crippen LogP contribution in [0.1, 0.15) is 11.3 Å². The van der Waals surface area contributed by atoms with E-state index in [0.29, 0.717) is 6.01 Å². The molecule has 5 nitrogen and oxygen atoms in total. The summed E-state index contributed by atoms with van der Waals surface area (Å²) in [4.78, 5) is 12.1.